The van der Waals surface area contributed by atoms with E-state index in [0.29, 0.717) is 5.13 Å². The first-order chi connectivity index (χ1) is 12.6. The van der Waals surface area contributed by atoms with Gasteiger partial charge in [-0.2, -0.15) is 0 Å². The number of hydrogen-bond donors (Lipinski definition) is 1. The molecule has 0 bridgehead atoms. The minimum absolute atomic E-state index is 0.101. The van der Waals surface area contributed by atoms with Crippen LogP contribution in [0.5, 0.6) is 0 Å². The van der Waals surface area contributed by atoms with Gasteiger partial charge >= 0.3 is 0 Å². The number of aromatic nitrogens is 4. The Labute approximate surface area is 168 Å². The van der Waals surface area contributed by atoms with E-state index in [2.05, 4.69) is 36.4 Å². The van der Waals surface area contributed by atoms with Crippen molar-refractivity contribution in [2.24, 2.45) is 0 Å². The topological polar surface area (TPSA) is 72.7 Å². The molecule has 6 nitrogen and oxygen atoms in total. The van der Waals surface area contributed by atoms with Gasteiger partial charge in [-0.1, -0.05) is 46.7 Å². The van der Waals surface area contributed by atoms with Crippen molar-refractivity contribution < 1.29 is 4.79 Å². The van der Waals surface area contributed by atoms with E-state index in [1.807, 2.05) is 48.1 Å². The second-order valence-corrected chi connectivity index (χ2v) is 8.09. The van der Waals surface area contributed by atoms with Crippen LogP contribution in [0.25, 0.3) is 11.3 Å². The van der Waals surface area contributed by atoms with E-state index in [-0.39, 0.29) is 11.7 Å². The molecule has 1 aromatic carbocycles. The molecule has 26 heavy (non-hydrogen) atoms. The van der Waals surface area contributed by atoms with Crippen molar-refractivity contribution in [3.8, 4) is 11.3 Å². The number of rotatable bonds is 7. The van der Waals surface area contributed by atoms with E-state index in [1.165, 1.54) is 23.1 Å². The van der Waals surface area contributed by atoms with Gasteiger partial charge in [0, 0.05) is 28.4 Å². The largest absolute Gasteiger partial charge is 0.306 e. The lowest BCUT2D eigenvalue weighted by Gasteiger charge is -2.05. The molecule has 0 atom stereocenters. The van der Waals surface area contributed by atoms with E-state index >= 15 is 0 Å². The molecule has 2 heterocycles. The molecule has 0 spiro atoms. The van der Waals surface area contributed by atoms with Gasteiger partial charge in [-0.25, -0.2) is 4.98 Å². The first-order valence-corrected chi connectivity index (χ1v) is 10.8. The number of carbonyl (C=O) groups excluding carboxylic acids is 1. The lowest BCUT2D eigenvalue weighted by Crippen LogP contribution is -2.14. The highest BCUT2D eigenvalue weighted by atomic mass is 79.9. The Kier molecular flexibility index (Phi) is 6.44. The number of halogens is 1. The summed E-state index contributed by atoms with van der Waals surface area (Å²) in [7, 11) is 0. The molecular weight excluding hydrogens is 434 g/mol. The molecule has 0 fully saturated rings. The fourth-order valence-corrected chi connectivity index (χ4v) is 4.20. The van der Waals surface area contributed by atoms with Gasteiger partial charge in [0.15, 0.2) is 10.3 Å². The van der Waals surface area contributed by atoms with Crippen LogP contribution in [0.15, 0.2) is 39.3 Å². The molecule has 1 amide bonds. The van der Waals surface area contributed by atoms with Crippen LogP contribution in [0.4, 0.5) is 5.13 Å². The Morgan fingerprint density at radius 2 is 2.04 bits per heavy atom. The first kappa shape index (κ1) is 19.1. The molecule has 3 rings (SSSR count). The summed E-state index contributed by atoms with van der Waals surface area (Å²) in [6, 6.07) is 7.92. The zero-order valence-electron chi connectivity index (χ0n) is 14.4. The predicted molar refractivity (Wildman–Crippen MR) is 110 cm³/mol. The summed E-state index contributed by atoms with van der Waals surface area (Å²) in [5, 5.41) is 14.5. The molecule has 0 unspecified atom stereocenters. The molecule has 0 radical (unpaired) electrons. The Hall–Kier alpha value is -1.71. The summed E-state index contributed by atoms with van der Waals surface area (Å²) in [6.07, 6.45) is 0.825. The Morgan fingerprint density at radius 3 is 2.73 bits per heavy atom. The minimum atomic E-state index is -0.101. The molecule has 0 aliphatic carbocycles. The van der Waals surface area contributed by atoms with Crippen molar-refractivity contribution in [2.75, 3.05) is 11.1 Å². The fraction of sp³-hybridized carbons (Fsp3) is 0.294. The molecule has 0 aliphatic heterocycles. The minimum Gasteiger partial charge on any atom is -0.306 e. The Morgan fingerprint density at radius 1 is 1.27 bits per heavy atom. The van der Waals surface area contributed by atoms with Crippen LogP contribution >= 0.6 is 39.0 Å². The van der Waals surface area contributed by atoms with Crippen LogP contribution in [0.2, 0.25) is 0 Å². The number of anilines is 1. The van der Waals surface area contributed by atoms with Crippen molar-refractivity contribution >= 4 is 50.1 Å². The van der Waals surface area contributed by atoms with Gasteiger partial charge in [0.2, 0.25) is 5.91 Å². The third-order valence-corrected chi connectivity index (χ3v) is 5.90. The van der Waals surface area contributed by atoms with Crippen molar-refractivity contribution in [3.63, 3.8) is 0 Å². The molecule has 0 saturated heterocycles. The summed E-state index contributed by atoms with van der Waals surface area (Å²) < 4.78 is 3.06. The van der Waals surface area contributed by atoms with Crippen LogP contribution < -0.4 is 5.32 Å². The van der Waals surface area contributed by atoms with E-state index < -0.39 is 0 Å². The van der Waals surface area contributed by atoms with E-state index in [9.17, 15) is 4.79 Å². The highest BCUT2D eigenvalue weighted by Gasteiger charge is 2.13. The Balaban J connectivity index is 1.59. The van der Waals surface area contributed by atoms with Gasteiger partial charge in [0.1, 0.15) is 5.82 Å². The molecular formula is C17H18BrN5OS2. The first-order valence-electron chi connectivity index (χ1n) is 8.16. The number of nitrogens with zero attached hydrogens (tertiary/aromatic N) is 4. The van der Waals surface area contributed by atoms with Gasteiger partial charge in [-0.3, -0.25) is 4.79 Å². The normalized spacial score (nSPS) is 10.9. The fourth-order valence-electron chi connectivity index (χ4n) is 2.37. The van der Waals surface area contributed by atoms with E-state index in [0.717, 1.165) is 39.7 Å². The summed E-state index contributed by atoms with van der Waals surface area (Å²) in [6.45, 7) is 4.89. The van der Waals surface area contributed by atoms with Crippen molar-refractivity contribution in [2.45, 2.75) is 32.0 Å². The monoisotopic (exact) mass is 451 g/mol. The number of benzene rings is 1. The molecule has 2 aromatic heterocycles. The van der Waals surface area contributed by atoms with Crippen LogP contribution in [0, 0.1) is 0 Å². The number of hydrogen-bond acceptors (Lipinski definition) is 6. The Bertz CT molecular complexity index is 891. The second kappa shape index (κ2) is 8.79. The molecule has 0 saturated carbocycles. The SMILES string of the molecule is CCc1nnc(SCC(=O)Nc2nc(-c3ccc(Br)cc3)cs2)n1CC. The maximum atomic E-state index is 12.2. The van der Waals surface area contributed by atoms with Crippen molar-refractivity contribution in [3.05, 3.63) is 39.9 Å². The molecule has 136 valence electrons. The van der Waals surface area contributed by atoms with Crippen molar-refractivity contribution in [1.29, 1.82) is 0 Å². The third kappa shape index (κ3) is 4.52. The van der Waals surface area contributed by atoms with Crippen LogP contribution in [-0.2, 0) is 17.8 Å². The summed E-state index contributed by atoms with van der Waals surface area (Å²) in [5.74, 6) is 1.11. The maximum absolute atomic E-state index is 12.2. The number of thiazole rings is 1. The summed E-state index contributed by atoms with van der Waals surface area (Å²) in [5.41, 5.74) is 1.87. The molecule has 9 heteroatoms. The standard InChI is InChI=1S/C17H18BrN5OS2/c1-3-14-21-22-17(23(14)4-2)26-10-15(24)20-16-19-13(9-25-16)11-5-7-12(18)8-6-11/h5-9H,3-4,10H2,1-2H3,(H,19,20,24). The maximum Gasteiger partial charge on any atom is 0.236 e. The van der Waals surface area contributed by atoms with Crippen LogP contribution in [-0.4, -0.2) is 31.4 Å². The molecule has 0 aliphatic rings. The number of aryl methyl sites for hydroxylation is 1. The quantitative estimate of drug-likeness (QED) is 0.536. The lowest BCUT2D eigenvalue weighted by molar-refractivity contribution is -0.113. The summed E-state index contributed by atoms with van der Waals surface area (Å²) >= 11 is 6.23. The van der Waals surface area contributed by atoms with Crippen LogP contribution in [0.1, 0.15) is 19.7 Å². The number of carbonyl (C=O) groups is 1. The zero-order chi connectivity index (χ0) is 18.5. The van der Waals surface area contributed by atoms with Gasteiger partial charge in [-0.05, 0) is 19.1 Å². The van der Waals surface area contributed by atoms with Gasteiger partial charge in [0.05, 0.1) is 11.4 Å². The van der Waals surface area contributed by atoms with E-state index in [4.69, 9.17) is 0 Å². The van der Waals surface area contributed by atoms with Gasteiger partial charge < -0.3 is 9.88 Å². The zero-order valence-corrected chi connectivity index (χ0v) is 17.6. The highest BCUT2D eigenvalue weighted by Crippen LogP contribution is 2.26. The highest BCUT2D eigenvalue weighted by molar-refractivity contribution is 9.10. The summed E-state index contributed by atoms with van der Waals surface area (Å²) in [4.78, 5) is 16.7. The second-order valence-electron chi connectivity index (χ2n) is 5.38. The molecule has 1 N–H and O–H groups in total. The van der Waals surface area contributed by atoms with Gasteiger partial charge in [-0.15, -0.1) is 21.5 Å². The third-order valence-electron chi connectivity index (χ3n) is 3.65. The number of thioether (sulfide) groups is 1. The van der Waals surface area contributed by atoms with E-state index in [1.54, 1.807) is 0 Å². The predicted octanol–water partition coefficient (Wildman–Crippen LogP) is 4.48. The number of nitrogens with one attached hydrogen (secondary N) is 1. The van der Waals surface area contributed by atoms with Crippen molar-refractivity contribution in [1.82, 2.24) is 19.7 Å². The smallest absolute Gasteiger partial charge is 0.236 e. The van der Waals surface area contributed by atoms with Crippen LogP contribution in [0.3, 0.4) is 0 Å². The average molecular weight is 452 g/mol. The number of amides is 1. The molecule has 3 aromatic rings. The van der Waals surface area contributed by atoms with Gasteiger partial charge in [0.25, 0.3) is 0 Å². The lowest BCUT2D eigenvalue weighted by atomic mass is 10.2. The average Bonchev–Trinajstić information content (AvgIpc) is 3.26.